The van der Waals surface area contributed by atoms with E-state index < -0.39 is 0 Å². The summed E-state index contributed by atoms with van der Waals surface area (Å²) in [6.07, 6.45) is 0. The number of morpholine rings is 1. The minimum absolute atomic E-state index is 0.0557. The monoisotopic (exact) mass is 406 g/mol. The smallest absolute Gasteiger partial charge is 0.265 e. The Balaban J connectivity index is 1.67. The Labute approximate surface area is 176 Å². The quantitative estimate of drug-likeness (QED) is 0.597. The summed E-state index contributed by atoms with van der Waals surface area (Å²) in [4.78, 5) is 16.2. The van der Waals surface area contributed by atoms with E-state index in [-0.39, 0.29) is 5.91 Å². The van der Waals surface area contributed by atoms with Crippen molar-refractivity contribution in [3.05, 3.63) is 71.1 Å². The van der Waals surface area contributed by atoms with Gasteiger partial charge in [0.1, 0.15) is 0 Å². The standard InChI is InChI=1S/C24H26N2O2S/c1-17(2)19-10-6-7-11-21(19)25-23(27)22-16-20(18-8-4-3-5-9-18)24(29-22)26-12-14-28-15-13-26/h3-11,16-17H,12-15H2,1-2H3,(H,25,27). The zero-order valence-electron chi connectivity index (χ0n) is 16.9. The van der Waals surface area contributed by atoms with Crippen molar-refractivity contribution in [2.75, 3.05) is 36.5 Å². The second-order valence-electron chi connectivity index (χ2n) is 7.49. The van der Waals surface area contributed by atoms with Crippen LogP contribution in [0.4, 0.5) is 10.7 Å². The zero-order chi connectivity index (χ0) is 20.2. The van der Waals surface area contributed by atoms with Gasteiger partial charge in [-0.2, -0.15) is 0 Å². The zero-order valence-corrected chi connectivity index (χ0v) is 17.7. The molecule has 3 aromatic rings. The number of nitrogens with one attached hydrogen (secondary N) is 1. The number of hydrogen-bond donors (Lipinski definition) is 1. The molecule has 150 valence electrons. The molecule has 4 rings (SSSR count). The maximum absolute atomic E-state index is 13.1. The topological polar surface area (TPSA) is 41.6 Å². The van der Waals surface area contributed by atoms with Gasteiger partial charge in [-0.15, -0.1) is 11.3 Å². The van der Waals surface area contributed by atoms with Crippen LogP contribution in [0, 0.1) is 0 Å². The minimum Gasteiger partial charge on any atom is -0.378 e. The molecule has 2 aromatic carbocycles. The van der Waals surface area contributed by atoms with E-state index in [4.69, 9.17) is 4.74 Å². The molecule has 0 saturated carbocycles. The van der Waals surface area contributed by atoms with Gasteiger partial charge in [-0.25, -0.2) is 0 Å². The molecule has 1 aromatic heterocycles. The van der Waals surface area contributed by atoms with E-state index in [0.717, 1.165) is 58.6 Å². The predicted molar refractivity (Wildman–Crippen MR) is 121 cm³/mol. The second kappa shape index (κ2) is 8.80. The number of thiophene rings is 1. The van der Waals surface area contributed by atoms with Crippen LogP contribution in [0.15, 0.2) is 60.7 Å². The molecule has 1 N–H and O–H groups in total. The summed E-state index contributed by atoms with van der Waals surface area (Å²) in [5, 5.41) is 4.27. The first-order valence-electron chi connectivity index (χ1n) is 10.1. The fraction of sp³-hybridized carbons (Fsp3) is 0.292. The molecule has 0 unspecified atom stereocenters. The van der Waals surface area contributed by atoms with Gasteiger partial charge < -0.3 is 15.0 Å². The highest BCUT2D eigenvalue weighted by atomic mass is 32.1. The van der Waals surface area contributed by atoms with Crippen molar-refractivity contribution in [2.24, 2.45) is 0 Å². The maximum atomic E-state index is 13.1. The summed E-state index contributed by atoms with van der Waals surface area (Å²) in [6.45, 7) is 7.40. The molecule has 29 heavy (non-hydrogen) atoms. The number of para-hydroxylation sites is 1. The van der Waals surface area contributed by atoms with Crippen molar-refractivity contribution in [1.82, 2.24) is 0 Å². The number of carbonyl (C=O) groups is 1. The van der Waals surface area contributed by atoms with Crippen molar-refractivity contribution >= 4 is 27.9 Å². The largest absolute Gasteiger partial charge is 0.378 e. The van der Waals surface area contributed by atoms with Gasteiger partial charge in [-0.1, -0.05) is 62.4 Å². The number of amides is 1. The summed E-state index contributed by atoms with van der Waals surface area (Å²) in [7, 11) is 0. The van der Waals surface area contributed by atoms with E-state index in [1.54, 1.807) is 11.3 Å². The average Bonchev–Trinajstić information content (AvgIpc) is 3.21. The summed E-state index contributed by atoms with van der Waals surface area (Å²) in [6, 6.07) is 20.3. The molecular weight excluding hydrogens is 380 g/mol. The number of ether oxygens (including phenoxy) is 1. The molecule has 2 heterocycles. The number of benzene rings is 2. The Bertz CT molecular complexity index is 976. The second-order valence-corrected chi connectivity index (χ2v) is 8.52. The van der Waals surface area contributed by atoms with Gasteiger partial charge in [0.25, 0.3) is 5.91 Å². The van der Waals surface area contributed by atoms with Gasteiger partial charge in [-0.3, -0.25) is 4.79 Å². The van der Waals surface area contributed by atoms with Crippen LogP contribution in [-0.4, -0.2) is 32.2 Å². The van der Waals surface area contributed by atoms with Gasteiger partial charge in [-0.05, 0) is 29.2 Å². The fourth-order valence-corrected chi connectivity index (χ4v) is 4.74. The highest BCUT2D eigenvalue weighted by molar-refractivity contribution is 7.18. The Morgan fingerprint density at radius 2 is 1.72 bits per heavy atom. The van der Waals surface area contributed by atoms with E-state index in [1.165, 1.54) is 0 Å². The third-order valence-corrected chi connectivity index (χ3v) is 6.34. The van der Waals surface area contributed by atoms with Crippen LogP contribution < -0.4 is 10.2 Å². The number of anilines is 2. The lowest BCUT2D eigenvalue weighted by Gasteiger charge is -2.28. The summed E-state index contributed by atoms with van der Waals surface area (Å²) in [5.74, 6) is 0.290. The lowest BCUT2D eigenvalue weighted by molar-refractivity contribution is 0.103. The third kappa shape index (κ3) is 4.36. The van der Waals surface area contributed by atoms with Crippen molar-refractivity contribution in [1.29, 1.82) is 0 Å². The van der Waals surface area contributed by atoms with E-state index in [9.17, 15) is 4.79 Å². The molecule has 1 aliphatic heterocycles. The van der Waals surface area contributed by atoms with Crippen molar-refractivity contribution in [3.63, 3.8) is 0 Å². The first-order valence-corrected chi connectivity index (χ1v) is 10.9. The molecule has 1 fully saturated rings. The van der Waals surface area contributed by atoms with Gasteiger partial charge >= 0.3 is 0 Å². The Morgan fingerprint density at radius 3 is 2.45 bits per heavy atom. The van der Waals surface area contributed by atoms with E-state index >= 15 is 0 Å². The van der Waals surface area contributed by atoms with Gasteiger partial charge in [0.2, 0.25) is 0 Å². The summed E-state index contributed by atoms with van der Waals surface area (Å²) in [5.41, 5.74) is 4.27. The third-order valence-electron chi connectivity index (χ3n) is 5.15. The SMILES string of the molecule is CC(C)c1ccccc1NC(=O)c1cc(-c2ccccc2)c(N2CCOCC2)s1. The van der Waals surface area contributed by atoms with Crippen molar-refractivity contribution in [3.8, 4) is 11.1 Å². The highest BCUT2D eigenvalue weighted by Gasteiger charge is 2.22. The van der Waals surface area contributed by atoms with E-state index in [0.29, 0.717) is 5.92 Å². The highest BCUT2D eigenvalue weighted by Crippen LogP contribution is 2.39. The predicted octanol–water partition coefficient (Wildman–Crippen LogP) is 5.63. The van der Waals surface area contributed by atoms with Crippen LogP contribution in [0.2, 0.25) is 0 Å². The van der Waals surface area contributed by atoms with Crippen LogP contribution in [0.3, 0.4) is 0 Å². The fourth-order valence-electron chi connectivity index (χ4n) is 3.62. The molecule has 1 saturated heterocycles. The van der Waals surface area contributed by atoms with E-state index in [2.05, 4.69) is 42.3 Å². The van der Waals surface area contributed by atoms with Crippen LogP contribution in [0.1, 0.15) is 35.0 Å². The molecule has 5 heteroatoms. The van der Waals surface area contributed by atoms with Crippen molar-refractivity contribution in [2.45, 2.75) is 19.8 Å². The number of rotatable bonds is 5. The summed E-state index contributed by atoms with van der Waals surface area (Å²) < 4.78 is 5.52. The van der Waals surface area contributed by atoms with Crippen LogP contribution >= 0.6 is 11.3 Å². The van der Waals surface area contributed by atoms with Crippen LogP contribution in [0.5, 0.6) is 0 Å². The molecule has 0 radical (unpaired) electrons. The number of hydrogen-bond acceptors (Lipinski definition) is 4. The molecule has 4 nitrogen and oxygen atoms in total. The lowest BCUT2D eigenvalue weighted by Crippen LogP contribution is -2.35. The molecule has 1 amide bonds. The van der Waals surface area contributed by atoms with Crippen LogP contribution in [-0.2, 0) is 4.74 Å². The lowest BCUT2D eigenvalue weighted by atomic mass is 10.0. The molecular formula is C24H26N2O2S. The molecule has 0 atom stereocenters. The minimum atomic E-state index is -0.0557. The Morgan fingerprint density at radius 1 is 1.03 bits per heavy atom. The van der Waals surface area contributed by atoms with Gasteiger partial charge in [0.05, 0.1) is 23.1 Å². The summed E-state index contributed by atoms with van der Waals surface area (Å²) >= 11 is 1.56. The molecule has 0 bridgehead atoms. The molecule has 0 aliphatic carbocycles. The van der Waals surface area contributed by atoms with Crippen LogP contribution in [0.25, 0.3) is 11.1 Å². The number of nitrogens with zero attached hydrogens (tertiary/aromatic N) is 1. The Kier molecular flexibility index (Phi) is 5.97. The number of carbonyl (C=O) groups excluding carboxylic acids is 1. The molecule has 0 spiro atoms. The first kappa shape index (κ1) is 19.7. The Hall–Kier alpha value is -2.63. The van der Waals surface area contributed by atoms with Crippen molar-refractivity contribution < 1.29 is 9.53 Å². The van der Waals surface area contributed by atoms with Gasteiger partial charge in [0.15, 0.2) is 0 Å². The first-order chi connectivity index (χ1) is 14.1. The maximum Gasteiger partial charge on any atom is 0.265 e. The average molecular weight is 407 g/mol. The van der Waals surface area contributed by atoms with E-state index in [1.807, 2.05) is 42.5 Å². The van der Waals surface area contributed by atoms with Gasteiger partial charge in [0, 0.05) is 24.3 Å². The molecule has 1 aliphatic rings. The normalized spacial score (nSPS) is 14.2.